The molecule has 17 heavy (non-hydrogen) atoms. The number of hydrogen-bond donors (Lipinski definition) is 1. The Morgan fingerprint density at radius 3 is 3.12 bits per heavy atom. The topological polar surface area (TPSA) is 24.9 Å². The summed E-state index contributed by atoms with van der Waals surface area (Å²) in [5.41, 5.74) is 2.62. The fraction of sp³-hybridized carbons (Fsp3) is 0.500. The first-order valence-electron chi connectivity index (χ1n) is 6.35. The van der Waals surface area contributed by atoms with Crippen molar-refractivity contribution >= 4 is 17.2 Å². The molecule has 1 aliphatic carbocycles. The van der Waals surface area contributed by atoms with E-state index in [-0.39, 0.29) is 0 Å². The molecule has 0 spiro atoms. The molecule has 90 valence electrons. The first-order chi connectivity index (χ1) is 8.33. The minimum absolute atomic E-state index is 0.700. The number of hydrogen-bond acceptors (Lipinski definition) is 2. The van der Waals surface area contributed by atoms with Crippen molar-refractivity contribution in [2.24, 2.45) is 11.8 Å². The van der Waals surface area contributed by atoms with Crippen molar-refractivity contribution in [3.8, 4) is 0 Å². The second kappa shape index (κ2) is 4.79. The molecule has 0 amide bonds. The molecule has 0 radical (unpaired) electrons. The maximum Gasteiger partial charge on any atom is 0.0595 e. The molecule has 1 aromatic heterocycles. The molecule has 3 heteroatoms. The predicted molar refractivity (Wildman–Crippen MR) is 70.9 cm³/mol. The zero-order valence-electron chi connectivity index (χ0n) is 9.82. The Balaban J connectivity index is 1.86. The van der Waals surface area contributed by atoms with Gasteiger partial charge < -0.3 is 5.32 Å². The lowest BCUT2D eigenvalue weighted by Crippen LogP contribution is -2.37. The number of rotatable bonds is 1. The van der Waals surface area contributed by atoms with Gasteiger partial charge in [-0.1, -0.05) is 17.7 Å². The van der Waals surface area contributed by atoms with Gasteiger partial charge in [-0.05, 0) is 54.8 Å². The summed E-state index contributed by atoms with van der Waals surface area (Å²) in [6, 6.07) is 2.02. The van der Waals surface area contributed by atoms with Crippen LogP contribution in [-0.2, 0) is 0 Å². The van der Waals surface area contributed by atoms with Crippen LogP contribution in [0.4, 0.5) is 0 Å². The van der Waals surface area contributed by atoms with Crippen molar-refractivity contribution in [2.45, 2.75) is 19.3 Å². The number of allylic oxidation sites excluding steroid dienone is 1. The molecule has 1 aliphatic heterocycles. The van der Waals surface area contributed by atoms with Gasteiger partial charge in [0.15, 0.2) is 0 Å². The molecule has 2 atom stereocenters. The Morgan fingerprint density at radius 2 is 2.24 bits per heavy atom. The minimum Gasteiger partial charge on any atom is -0.316 e. The molecule has 2 aliphatic rings. The molecular formula is C14H17ClN2. The Labute approximate surface area is 107 Å². The maximum atomic E-state index is 6.00. The van der Waals surface area contributed by atoms with Gasteiger partial charge in [0.2, 0.25) is 0 Å². The summed E-state index contributed by atoms with van der Waals surface area (Å²) in [6.45, 7) is 2.31. The van der Waals surface area contributed by atoms with E-state index in [9.17, 15) is 0 Å². The van der Waals surface area contributed by atoms with Gasteiger partial charge in [-0.25, -0.2) is 0 Å². The molecule has 2 nitrogen and oxygen atoms in total. The van der Waals surface area contributed by atoms with Gasteiger partial charge in [0.25, 0.3) is 0 Å². The van der Waals surface area contributed by atoms with Gasteiger partial charge in [-0.3, -0.25) is 4.98 Å². The van der Waals surface area contributed by atoms with Crippen LogP contribution < -0.4 is 5.32 Å². The van der Waals surface area contributed by atoms with E-state index in [4.69, 9.17) is 11.6 Å². The minimum atomic E-state index is 0.700. The van der Waals surface area contributed by atoms with E-state index in [1.54, 1.807) is 6.20 Å². The van der Waals surface area contributed by atoms with Crippen molar-refractivity contribution < 1.29 is 0 Å². The van der Waals surface area contributed by atoms with E-state index in [2.05, 4.69) is 16.4 Å². The van der Waals surface area contributed by atoms with Crippen LogP contribution in [0.2, 0.25) is 5.02 Å². The van der Waals surface area contributed by atoms with E-state index in [1.807, 2.05) is 12.3 Å². The second-order valence-corrected chi connectivity index (χ2v) is 5.48. The standard InChI is InChI=1S/C14H17ClN2/c15-14-6-13(8-17-9-14)11-2-1-10-3-4-16-7-12(10)5-11/h5-6,8-10,12,16H,1-4,7H2/t10-,12+/m1/s1. The number of piperidine rings is 1. The van der Waals surface area contributed by atoms with Gasteiger partial charge in [-0.2, -0.15) is 0 Å². The highest BCUT2D eigenvalue weighted by Gasteiger charge is 2.27. The molecule has 0 aromatic carbocycles. The van der Waals surface area contributed by atoms with E-state index >= 15 is 0 Å². The maximum absolute atomic E-state index is 6.00. The summed E-state index contributed by atoms with van der Waals surface area (Å²) >= 11 is 6.00. The third-order valence-corrected chi connectivity index (χ3v) is 4.16. The Bertz CT molecular complexity index is 442. The zero-order chi connectivity index (χ0) is 11.7. The van der Waals surface area contributed by atoms with Gasteiger partial charge in [-0.15, -0.1) is 0 Å². The van der Waals surface area contributed by atoms with E-state index in [0.717, 1.165) is 17.5 Å². The zero-order valence-corrected chi connectivity index (χ0v) is 10.6. The molecule has 1 saturated heterocycles. The summed E-state index contributed by atoms with van der Waals surface area (Å²) in [6.07, 6.45) is 9.86. The molecule has 1 N–H and O–H groups in total. The van der Waals surface area contributed by atoms with Crippen LogP contribution >= 0.6 is 11.6 Å². The van der Waals surface area contributed by atoms with Crippen molar-refractivity contribution in [1.82, 2.24) is 10.3 Å². The van der Waals surface area contributed by atoms with Crippen LogP contribution in [0.5, 0.6) is 0 Å². The molecular weight excluding hydrogens is 232 g/mol. The highest BCUT2D eigenvalue weighted by Crippen LogP contribution is 2.36. The third kappa shape index (κ3) is 2.38. The number of pyridine rings is 1. The summed E-state index contributed by atoms with van der Waals surface area (Å²) in [5.74, 6) is 1.58. The highest BCUT2D eigenvalue weighted by molar-refractivity contribution is 6.30. The lowest BCUT2D eigenvalue weighted by Gasteiger charge is -2.34. The third-order valence-electron chi connectivity index (χ3n) is 3.95. The van der Waals surface area contributed by atoms with E-state index in [1.165, 1.54) is 36.9 Å². The van der Waals surface area contributed by atoms with Gasteiger partial charge in [0, 0.05) is 18.9 Å². The molecule has 0 bridgehead atoms. The lowest BCUT2D eigenvalue weighted by atomic mass is 9.76. The van der Waals surface area contributed by atoms with Crippen LogP contribution in [0, 0.1) is 11.8 Å². The van der Waals surface area contributed by atoms with Crippen LogP contribution in [-0.4, -0.2) is 18.1 Å². The van der Waals surface area contributed by atoms with Gasteiger partial charge in [0.1, 0.15) is 0 Å². The number of nitrogens with one attached hydrogen (secondary N) is 1. The molecule has 1 fully saturated rings. The molecule has 3 rings (SSSR count). The van der Waals surface area contributed by atoms with Crippen LogP contribution in [0.1, 0.15) is 24.8 Å². The van der Waals surface area contributed by atoms with Crippen LogP contribution in [0.15, 0.2) is 24.5 Å². The van der Waals surface area contributed by atoms with E-state index in [0.29, 0.717) is 5.92 Å². The number of aromatic nitrogens is 1. The van der Waals surface area contributed by atoms with Gasteiger partial charge >= 0.3 is 0 Å². The van der Waals surface area contributed by atoms with E-state index < -0.39 is 0 Å². The summed E-state index contributed by atoms with van der Waals surface area (Å²) in [7, 11) is 0. The summed E-state index contributed by atoms with van der Waals surface area (Å²) in [5, 5.41) is 4.21. The Kier molecular flexibility index (Phi) is 3.17. The normalized spacial score (nSPS) is 28.4. The smallest absolute Gasteiger partial charge is 0.0595 e. The van der Waals surface area contributed by atoms with Crippen molar-refractivity contribution in [3.63, 3.8) is 0 Å². The largest absolute Gasteiger partial charge is 0.316 e. The first-order valence-corrected chi connectivity index (χ1v) is 6.73. The van der Waals surface area contributed by atoms with Crippen molar-refractivity contribution in [3.05, 3.63) is 35.1 Å². The van der Waals surface area contributed by atoms with Crippen LogP contribution in [0.25, 0.3) is 5.57 Å². The van der Waals surface area contributed by atoms with Gasteiger partial charge in [0.05, 0.1) is 5.02 Å². The van der Waals surface area contributed by atoms with Crippen LogP contribution in [0.3, 0.4) is 0 Å². The highest BCUT2D eigenvalue weighted by atomic mass is 35.5. The number of nitrogens with zero attached hydrogens (tertiary/aromatic N) is 1. The predicted octanol–water partition coefficient (Wildman–Crippen LogP) is 3.14. The monoisotopic (exact) mass is 248 g/mol. The first kappa shape index (κ1) is 11.2. The quantitative estimate of drug-likeness (QED) is 0.826. The Morgan fingerprint density at radius 1 is 1.29 bits per heavy atom. The SMILES string of the molecule is Clc1cncc(C2=C[C@H]3CNCC[C@H]3CC2)c1. The van der Waals surface area contributed by atoms with Crippen molar-refractivity contribution in [1.29, 1.82) is 0 Å². The lowest BCUT2D eigenvalue weighted by molar-refractivity contribution is 0.279. The molecule has 2 heterocycles. The second-order valence-electron chi connectivity index (χ2n) is 5.04. The average Bonchev–Trinajstić information content (AvgIpc) is 2.38. The fourth-order valence-electron chi connectivity index (χ4n) is 3.00. The number of halogens is 1. The summed E-state index contributed by atoms with van der Waals surface area (Å²) < 4.78 is 0. The average molecular weight is 249 g/mol. The van der Waals surface area contributed by atoms with Crippen molar-refractivity contribution in [2.75, 3.05) is 13.1 Å². The Hall–Kier alpha value is -0.860. The number of fused-ring (bicyclic) bond motifs is 1. The molecule has 1 aromatic rings. The molecule has 0 saturated carbocycles. The fourth-order valence-corrected chi connectivity index (χ4v) is 3.17. The molecule has 0 unspecified atom stereocenters. The summed E-state index contributed by atoms with van der Waals surface area (Å²) in [4.78, 5) is 4.18.